The summed E-state index contributed by atoms with van der Waals surface area (Å²) in [7, 11) is 1.29. The fourth-order valence-corrected chi connectivity index (χ4v) is 2.76. The van der Waals surface area contributed by atoms with Gasteiger partial charge in [0.05, 0.1) is 13.2 Å². The summed E-state index contributed by atoms with van der Waals surface area (Å²) in [5, 5.41) is 0. The van der Waals surface area contributed by atoms with E-state index in [1.807, 2.05) is 37.3 Å². The molecule has 6 heteroatoms. The molecule has 1 amide bonds. The number of amides is 1. The Labute approximate surface area is 122 Å². The zero-order valence-corrected chi connectivity index (χ0v) is 11.9. The number of benzene rings is 1. The maximum atomic E-state index is 12.4. The smallest absolute Gasteiger partial charge is 0.337 e. The highest BCUT2D eigenvalue weighted by Crippen LogP contribution is 2.32. The van der Waals surface area contributed by atoms with Gasteiger partial charge in [-0.05, 0) is 12.5 Å². The minimum atomic E-state index is -1.01. The third-order valence-electron chi connectivity index (χ3n) is 3.93. The van der Waals surface area contributed by atoms with E-state index in [9.17, 15) is 9.59 Å². The molecule has 0 unspecified atom stereocenters. The first-order valence-corrected chi connectivity index (χ1v) is 6.85. The number of morpholine rings is 1. The van der Waals surface area contributed by atoms with Crippen molar-refractivity contribution in [3.05, 3.63) is 35.9 Å². The summed E-state index contributed by atoms with van der Waals surface area (Å²) in [6.45, 7) is 2.32. The van der Waals surface area contributed by atoms with E-state index in [0.29, 0.717) is 6.54 Å². The van der Waals surface area contributed by atoms with Gasteiger partial charge in [-0.3, -0.25) is 4.79 Å². The van der Waals surface area contributed by atoms with Gasteiger partial charge in [0.2, 0.25) is 6.29 Å². The van der Waals surface area contributed by atoms with Gasteiger partial charge in [0.25, 0.3) is 5.91 Å². The number of ether oxygens (including phenoxy) is 3. The van der Waals surface area contributed by atoms with Gasteiger partial charge in [0, 0.05) is 6.54 Å². The Kier molecular flexibility index (Phi) is 3.65. The summed E-state index contributed by atoms with van der Waals surface area (Å²) < 4.78 is 15.6. The van der Waals surface area contributed by atoms with Crippen LogP contribution in [0.2, 0.25) is 0 Å². The first-order chi connectivity index (χ1) is 10.1. The van der Waals surface area contributed by atoms with Gasteiger partial charge in [-0.1, -0.05) is 30.3 Å². The number of esters is 1. The van der Waals surface area contributed by atoms with E-state index in [4.69, 9.17) is 14.2 Å². The van der Waals surface area contributed by atoms with Gasteiger partial charge in [-0.2, -0.15) is 0 Å². The van der Waals surface area contributed by atoms with Crippen LogP contribution >= 0.6 is 0 Å². The third-order valence-corrected chi connectivity index (χ3v) is 3.93. The lowest BCUT2D eigenvalue weighted by atomic mass is 10.0. The van der Waals surface area contributed by atoms with Crippen molar-refractivity contribution in [3.63, 3.8) is 0 Å². The van der Waals surface area contributed by atoms with E-state index < -0.39 is 24.5 Å². The summed E-state index contributed by atoms with van der Waals surface area (Å²) in [6.07, 6.45) is -2.36. The minimum absolute atomic E-state index is 0.256. The average molecular weight is 291 g/mol. The molecule has 4 atom stereocenters. The zero-order chi connectivity index (χ0) is 15.0. The molecule has 112 valence electrons. The first-order valence-electron chi connectivity index (χ1n) is 6.85. The molecular formula is C15H17NO5. The van der Waals surface area contributed by atoms with Crippen LogP contribution in [0.3, 0.4) is 0 Å². The van der Waals surface area contributed by atoms with Crippen LogP contribution in [0, 0.1) is 0 Å². The largest absolute Gasteiger partial charge is 0.467 e. The Morgan fingerprint density at radius 1 is 1.29 bits per heavy atom. The van der Waals surface area contributed by atoms with Crippen LogP contribution in [0.25, 0.3) is 0 Å². The van der Waals surface area contributed by atoms with E-state index in [1.165, 1.54) is 7.11 Å². The number of fused-ring (bicyclic) bond motifs is 2. The lowest BCUT2D eigenvalue weighted by Gasteiger charge is -2.36. The number of hydrogen-bond donors (Lipinski definition) is 0. The van der Waals surface area contributed by atoms with Crippen molar-refractivity contribution in [2.75, 3.05) is 7.11 Å². The predicted molar refractivity (Wildman–Crippen MR) is 72.0 cm³/mol. The van der Waals surface area contributed by atoms with Gasteiger partial charge in [-0.15, -0.1) is 0 Å². The van der Waals surface area contributed by atoms with Crippen molar-refractivity contribution in [2.24, 2.45) is 0 Å². The van der Waals surface area contributed by atoms with Gasteiger partial charge in [0.15, 0.2) is 6.10 Å². The number of hydrogen-bond acceptors (Lipinski definition) is 5. The number of rotatable bonds is 3. The molecule has 0 spiro atoms. The number of carbonyl (C=O) groups is 2. The van der Waals surface area contributed by atoms with E-state index in [0.717, 1.165) is 5.56 Å². The van der Waals surface area contributed by atoms with E-state index in [1.54, 1.807) is 4.90 Å². The molecule has 0 aromatic heterocycles. The highest BCUT2D eigenvalue weighted by molar-refractivity contribution is 5.84. The molecule has 0 N–H and O–H groups in total. The molecule has 1 aromatic carbocycles. The lowest BCUT2D eigenvalue weighted by molar-refractivity contribution is -0.178. The second-order valence-corrected chi connectivity index (χ2v) is 5.20. The summed E-state index contributed by atoms with van der Waals surface area (Å²) in [6, 6.07) is 9.42. The summed E-state index contributed by atoms with van der Waals surface area (Å²) in [5.74, 6) is -0.766. The Hall–Kier alpha value is -1.92. The second kappa shape index (κ2) is 5.46. The molecule has 2 bridgehead atoms. The summed E-state index contributed by atoms with van der Waals surface area (Å²) in [5.41, 5.74) is 1.02. The maximum Gasteiger partial charge on any atom is 0.337 e. The lowest BCUT2D eigenvalue weighted by Crippen LogP contribution is -2.54. The molecule has 2 aliphatic heterocycles. The van der Waals surface area contributed by atoms with Crippen LogP contribution in [0.5, 0.6) is 0 Å². The van der Waals surface area contributed by atoms with Crippen LogP contribution in [0.1, 0.15) is 12.5 Å². The minimum Gasteiger partial charge on any atom is -0.467 e. The molecule has 2 aliphatic rings. The highest BCUT2D eigenvalue weighted by Gasteiger charge is 2.54. The van der Waals surface area contributed by atoms with Crippen LogP contribution in [-0.4, -0.2) is 48.4 Å². The Morgan fingerprint density at radius 3 is 2.67 bits per heavy atom. The van der Waals surface area contributed by atoms with Crippen molar-refractivity contribution in [1.29, 1.82) is 0 Å². The van der Waals surface area contributed by atoms with Gasteiger partial charge in [-0.25, -0.2) is 4.79 Å². The summed E-state index contributed by atoms with van der Waals surface area (Å²) >= 11 is 0. The normalized spacial score (nSPS) is 31.3. The van der Waals surface area contributed by atoms with Gasteiger partial charge in [0.1, 0.15) is 6.10 Å². The van der Waals surface area contributed by atoms with Crippen molar-refractivity contribution in [1.82, 2.24) is 4.90 Å². The van der Waals surface area contributed by atoms with Crippen LogP contribution < -0.4 is 0 Å². The van der Waals surface area contributed by atoms with Gasteiger partial charge < -0.3 is 19.1 Å². The van der Waals surface area contributed by atoms with Crippen molar-refractivity contribution in [2.45, 2.75) is 38.0 Å². The Balaban J connectivity index is 1.81. The second-order valence-electron chi connectivity index (χ2n) is 5.20. The molecule has 2 fully saturated rings. The fourth-order valence-electron chi connectivity index (χ4n) is 2.76. The Morgan fingerprint density at radius 2 is 2.00 bits per heavy atom. The zero-order valence-electron chi connectivity index (χ0n) is 11.9. The molecule has 2 heterocycles. The first kappa shape index (κ1) is 14.0. The number of nitrogens with zero attached hydrogens (tertiary/aromatic N) is 1. The van der Waals surface area contributed by atoms with Crippen LogP contribution in [-0.2, 0) is 30.3 Å². The molecular weight excluding hydrogens is 274 g/mol. The standard InChI is InChI=1S/C15H17NO5/c1-9-11-12(14(18)19-2)21-15(20-11)13(17)16(9)8-10-6-4-3-5-7-10/h3-7,9,11-12,15H,8H2,1-2H3/t9-,11-,12+,15+/m1/s1. The molecule has 2 saturated heterocycles. The fraction of sp³-hybridized carbons (Fsp3) is 0.467. The van der Waals surface area contributed by atoms with Crippen LogP contribution in [0.4, 0.5) is 0 Å². The van der Waals surface area contributed by atoms with Crippen LogP contribution in [0.15, 0.2) is 30.3 Å². The Bertz CT molecular complexity index is 546. The molecule has 1 aromatic rings. The van der Waals surface area contributed by atoms with E-state index in [2.05, 4.69) is 0 Å². The summed E-state index contributed by atoms with van der Waals surface area (Å²) in [4.78, 5) is 25.8. The average Bonchev–Trinajstić information content (AvgIpc) is 2.92. The third kappa shape index (κ3) is 2.41. The number of methoxy groups -OCH3 is 1. The molecule has 0 radical (unpaired) electrons. The monoisotopic (exact) mass is 291 g/mol. The quantitative estimate of drug-likeness (QED) is 0.767. The topological polar surface area (TPSA) is 65.1 Å². The highest BCUT2D eigenvalue weighted by atomic mass is 16.8. The van der Waals surface area contributed by atoms with E-state index >= 15 is 0 Å². The molecule has 0 saturated carbocycles. The number of carbonyl (C=O) groups excluding carboxylic acids is 2. The maximum absolute atomic E-state index is 12.4. The van der Waals surface area contributed by atoms with Crippen molar-refractivity contribution >= 4 is 11.9 Å². The SMILES string of the molecule is COC(=O)[C@H]1O[C@@H]2O[C@@H]1[C@@H](C)N(Cc1ccccc1)C2=O. The molecule has 21 heavy (non-hydrogen) atoms. The molecule has 3 rings (SSSR count). The van der Waals surface area contributed by atoms with Gasteiger partial charge >= 0.3 is 5.97 Å². The van der Waals surface area contributed by atoms with E-state index in [-0.39, 0.29) is 11.9 Å². The molecule has 0 aliphatic carbocycles. The van der Waals surface area contributed by atoms with Crippen molar-refractivity contribution in [3.8, 4) is 0 Å². The predicted octanol–water partition coefficient (Wildman–Crippen LogP) is 0.700. The molecule has 6 nitrogen and oxygen atoms in total. The van der Waals surface area contributed by atoms with Crippen molar-refractivity contribution < 1.29 is 23.8 Å².